The Morgan fingerprint density at radius 2 is 1.96 bits per heavy atom. The largest absolute Gasteiger partial charge is 0.507 e. The Kier molecular flexibility index (Phi) is 4.76. The number of hydrogen-bond acceptors (Lipinski definition) is 6. The lowest BCUT2D eigenvalue weighted by atomic mass is 10.1. The number of furan rings is 1. The average molecular weight is 339 g/mol. The van der Waals surface area contributed by atoms with Crippen molar-refractivity contribution in [1.82, 2.24) is 4.31 Å². The molecule has 2 rings (SSSR count). The van der Waals surface area contributed by atoms with Gasteiger partial charge in [0.05, 0.1) is 0 Å². The van der Waals surface area contributed by atoms with Crippen molar-refractivity contribution in [2.75, 3.05) is 14.1 Å². The number of carbonyl (C=O) groups is 1. The van der Waals surface area contributed by atoms with E-state index in [0.29, 0.717) is 5.56 Å². The standard InChI is InChI=1S/C15H17NO6S/c1-10-5-4-6-12(14(10)17)15(18)21-9-11-7-8-13(22-11)23(19,20)16(2)3/h4-8,17H,9H2,1-3H3. The van der Waals surface area contributed by atoms with Crippen molar-refractivity contribution in [3.05, 3.63) is 47.2 Å². The fourth-order valence-electron chi connectivity index (χ4n) is 1.79. The van der Waals surface area contributed by atoms with Gasteiger partial charge < -0.3 is 14.3 Å². The Morgan fingerprint density at radius 1 is 1.26 bits per heavy atom. The molecular weight excluding hydrogens is 322 g/mol. The molecule has 0 fully saturated rings. The molecule has 0 saturated carbocycles. The minimum Gasteiger partial charge on any atom is -0.507 e. The third-order valence-corrected chi connectivity index (χ3v) is 4.86. The van der Waals surface area contributed by atoms with Crippen molar-refractivity contribution in [2.24, 2.45) is 0 Å². The van der Waals surface area contributed by atoms with Crippen LogP contribution in [0, 0.1) is 6.92 Å². The van der Waals surface area contributed by atoms with Gasteiger partial charge in [-0.05, 0) is 30.7 Å². The van der Waals surface area contributed by atoms with Crippen LogP contribution in [0.4, 0.5) is 0 Å². The maximum Gasteiger partial charge on any atom is 0.342 e. The van der Waals surface area contributed by atoms with Crippen LogP contribution in [0.1, 0.15) is 21.7 Å². The van der Waals surface area contributed by atoms with Crippen LogP contribution in [-0.2, 0) is 21.4 Å². The van der Waals surface area contributed by atoms with Crippen LogP contribution in [0.3, 0.4) is 0 Å². The predicted molar refractivity (Wildman–Crippen MR) is 81.5 cm³/mol. The van der Waals surface area contributed by atoms with E-state index >= 15 is 0 Å². The van der Waals surface area contributed by atoms with Gasteiger partial charge in [0.15, 0.2) is 0 Å². The SMILES string of the molecule is Cc1cccc(C(=O)OCc2ccc(S(=O)(=O)N(C)C)o2)c1O. The Labute approximate surface area is 134 Å². The van der Waals surface area contributed by atoms with E-state index < -0.39 is 16.0 Å². The second kappa shape index (κ2) is 6.43. The molecule has 0 spiro atoms. The molecule has 7 nitrogen and oxygen atoms in total. The molecule has 124 valence electrons. The van der Waals surface area contributed by atoms with E-state index in [1.807, 2.05) is 0 Å². The molecule has 0 aliphatic rings. The molecule has 0 amide bonds. The molecule has 0 aliphatic carbocycles. The Bertz CT molecular complexity index is 822. The second-order valence-electron chi connectivity index (χ2n) is 5.06. The monoisotopic (exact) mass is 339 g/mol. The lowest BCUT2D eigenvalue weighted by Gasteiger charge is -2.08. The fourth-order valence-corrected chi connectivity index (χ4v) is 2.60. The molecule has 2 aromatic rings. The highest BCUT2D eigenvalue weighted by molar-refractivity contribution is 7.88. The Hall–Kier alpha value is -2.32. The summed E-state index contributed by atoms with van der Waals surface area (Å²) in [7, 11) is -0.899. The summed E-state index contributed by atoms with van der Waals surface area (Å²) in [6, 6.07) is 7.44. The topological polar surface area (TPSA) is 97.1 Å². The molecule has 1 aromatic carbocycles. The van der Waals surface area contributed by atoms with E-state index in [-0.39, 0.29) is 28.8 Å². The van der Waals surface area contributed by atoms with Gasteiger partial charge in [-0.25, -0.2) is 17.5 Å². The Morgan fingerprint density at radius 3 is 2.61 bits per heavy atom. The van der Waals surface area contributed by atoms with E-state index in [9.17, 15) is 18.3 Å². The van der Waals surface area contributed by atoms with Crippen molar-refractivity contribution in [1.29, 1.82) is 0 Å². The molecule has 0 bridgehead atoms. The zero-order chi connectivity index (χ0) is 17.2. The zero-order valence-electron chi connectivity index (χ0n) is 12.9. The number of carbonyl (C=O) groups excluding carboxylic acids is 1. The molecule has 0 aliphatic heterocycles. The third-order valence-electron chi connectivity index (χ3n) is 3.18. The highest BCUT2D eigenvalue weighted by Crippen LogP contribution is 2.23. The Balaban J connectivity index is 2.09. The number of sulfonamides is 1. The van der Waals surface area contributed by atoms with Crippen LogP contribution in [-0.4, -0.2) is 37.9 Å². The van der Waals surface area contributed by atoms with E-state index in [0.717, 1.165) is 4.31 Å². The molecule has 0 radical (unpaired) electrons. The van der Waals surface area contributed by atoms with Gasteiger partial charge in [-0.2, -0.15) is 0 Å². The lowest BCUT2D eigenvalue weighted by molar-refractivity contribution is 0.0437. The van der Waals surface area contributed by atoms with E-state index in [2.05, 4.69) is 0 Å². The number of ether oxygens (including phenoxy) is 1. The van der Waals surface area contributed by atoms with Gasteiger partial charge in [0.2, 0.25) is 5.09 Å². The van der Waals surface area contributed by atoms with Crippen LogP contribution in [0.2, 0.25) is 0 Å². The van der Waals surface area contributed by atoms with Crippen molar-refractivity contribution in [2.45, 2.75) is 18.6 Å². The summed E-state index contributed by atoms with van der Waals surface area (Å²) in [4.78, 5) is 12.0. The lowest BCUT2D eigenvalue weighted by Crippen LogP contribution is -2.21. The van der Waals surface area contributed by atoms with Gasteiger partial charge in [-0.3, -0.25) is 0 Å². The van der Waals surface area contributed by atoms with Gasteiger partial charge in [-0.15, -0.1) is 0 Å². The van der Waals surface area contributed by atoms with Crippen molar-refractivity contribution < 1.29 is 27.5 Å². The van der Waals surface area contributed by atoms with Crippen molar-refractivity contribution in [3.8, 4) is 5.75 Å². The summed E-state index contributed by atoms with van der Waals surface area (Å²) in [5.41, 5.74) is 0.592. The van der Waals surface area contributed by atoms with Gasteiger partial charge in [-0.1, -0.05) is 12.1 Å². The minimum absolute atomic E-state index is 0.0395. The summed E-state index contributed by atoms with van der Waals surface area (Å²) in [5.74, 6) is -0.682. The van der Waals surface area contributed by atoms with Crippen LogP contribution < -0.4 is 0 Å². The van der Waals surface area contributed by atoms with Gasteiger partial charge >= 0.3 is 5.97 Å². The third kappa shape index (κ3) is 3.54. The van der Waals surface area contributed by atoms with Gasteiger partial charge in [0, 0.05) is 14.1 Å². The summed E-state index contributed by atoms with van der Waals surface area (Å²) in [6.07, 6.45) is 0. The smallest absolute Gasteiger partial charge is 0.342 e. The van der Waals surface area contributed by atoms with Crippen LogP contribution in [0.15, 0.2) is 39.8 Å². The van der Waals surface area contributed by atoms with Crippen molar-refractivity contribution >= 4 is 16.0 Å². The fraction of sp³-hybridized carbons (Fsp3) is 0.267. The van der Waals surface area contributed by atoms with E-state index in [1.54, 1.807) is 19.1 Å². The number of benzene rings is 1. The molecule has 0 unspecified atom stereocenters. The summed E-state index contributed by atoms with van der Waals surface area (Å²) < 4.78 is 35.0. The second-order valence-corrected chi connectivity index (χ2v) is 7.14. The number of esters is 1. The van der Waals surface area contributed by atoms with E-state index in [4.69, 9.17) is 9.15 Å². The normalized spacial score (nSPS) is 11.7. The maximum atomic E-state index is 12.0. The summed E-state index contributed by atoms with van der Waals surface area (Å²) in [6.45, 7) is 1.42. The first-order valence-corrected chi connectivity index (χ1v) is 8.14. The number of phenols is 1. The zero-order valence-corrected chi connectivity index (χ0v) is 13.8. The molecule has 23 heavy (non-hydrogen) atoms. The quantitative estimate of drug-likeness (QED) is 0.836. The first-order chi connectivity index (χ1) is 10.7. The highest BCUT2D eigenvalue weighted by Gasteiger charge is 2.22. The van der Waals surface area contributed by atoms with Gasteiger partial charge in [0.1, 0.15) is 23.7 Å². The molecule has 1 heterocycles. The first kappa shape index (κ1) is 17.0. The first-order valence-electron chi connectivity index (χ1n) is 6.70. The number of phenolic OH excluding ortho intramolecular Hbond substituents is 1. The molecule has 0 atom stereocenters. The maximum absolute atomic E-state index is 12.0. The number of nitrogens with zero attached hydrogens (tertiary/aromatic N) is 1. The van der Waals surface area contributed by atoms with Crippen molar-refractivity contribution in [3.63, 3.8) is 0 Å². The predicted octanol–water partition coefficient (Wildman–Crippen LogP) is 1.90. The molecule has 1 aromatic heterocycles. The highest BCUT2D eigenvalue weighted by atomic mass is 32.2. The number of hydrogen-bond donors (Lipinski definition) is 1. The number of aromatic hydroxyl groups is 1. The summed E-state index contributed by atoms with van der Waals surface area (Å²) in [5, 5.41) is 9.60. The molecule has 0 saturated heterocycles. The van der Waals surface area contributed by atoms with Crippen LogP contribution >= 0.6 is 0 Å². The number of para-hydroxylation sites is 1. The van der Waals surface area contributed by atoms with Gasteiger partial charge in [0.25, 0.3) is 10.0 Å². The number of rotatable bonds is 5. The van der Waals surface area contributed by atoms with Crippen LogP contribution in [0.5, 0.6) is 5.75 Å². The molecule has 1 N–H and O–H groups in total. The molecule has 8 heteroatoms. The number of aryl methyl sites for hydroxylation is 1. The molecular formula is C15H17NO6S. The van der Waals surface area contributed by atoms with E-state index in [1.165, 1.54) is 32.3 Å². The van der Waals surface area contributed by atoms with Crippen LogP contribution in [0.25, 0.3) is 0 Å². The summed E-state index contributed by atoms with van der Waals surface area (Å²) >= 11 is 0. The average Bonchev–Trinajstić information content (AvgIpc) is 2.97. The minimum atomic E-state index is -3.67.